The van der Waals surface area contributed by atoms with Gasteiger partial charge in [-0.15, -0.1) is 0 Å². The molecular weight excluding hydrogens is 320 g/mol. The lowest BCUT2D eigenvalue weighted by atomic mass is 10.1. The molecule has 1 atom stereocenters. The van der Waals surface area contributed by atoms with Gasteiger partial charge in [-0.1, -0.05) is 0 Å². The summed E-state index contributed by atoms with van der Waals surface area (Å²) in [5.41, 5.74) is 1.06. The second kappa shape index (κ2) is 8.33. The van der Waals surface area contributed by atoms with Gasteiger partial charge in [0.15, 0.2) is 5.96 Å². The Morgan fingerprint density at radius 3 is 2.80 bits per heavy atom. The largest absolute Gasteiger partial charge is 0.370 e. The monoisotopic (exact) mass is 348 g/mol. The number of aliphatic imine (C=N–C) groups is 1. The highest BCUT2D eigenvalue weighted by molar-refractivity contribution is 5.86. The Bertz CT molecular complexity index is 608. The number of aromatic nitrogens is 2. The zero-order valence-electron chi connectivity index (χ0n) is 15.1. The lowest BCUT2D eigenvalue weighted by molar-refractivity contribution is -0.130. The minimum Gasteiger partial charge on any atom is -0.370 e. The summed E-state index contributed by atoms with van der Waals surface area (Å²) in [6.07, 6.45) is 7.23. The Balaban J connectivity index is 1.54. The molecule has 0 spiro atoms. The van der Waals surface area contributed by atoms with Crippen LogP contribution in [0.2, 0.25) is 0 Å². The number of rotatable bonds is 3. The van der Waals surface area contributed by atoms with Crippen molar-refractivity contribution in [1.29, 1.82) is 0 Å². The van der Waals surface area contributed by atoms with Crippen molar-refractivity contribution in [3.8, 4) is 0 Å². The highest BCUT2D eigenvalue weighted by atomic mass is 16.5. The summed E-state index contributed by atoms with van der Waals surface area (Å²) in [5, 5.41) is 7.44. The maximum atomic E-state index is 12.3. The smallest absolute Gasteiger partial charge is 0.241 e. The quantitative estimate of drug-likeness (QED) is 0.631. The highest BCUT2D eigenvalue weighted by Gasteiger charge is 2.25. The number of nitrogens with one attached hydrogen (secondary N) is 1. The summed E-state index contributed by atoms with van der Waals surface area (Å²) in [6, 6.07) is 0. The molecule has 0 aromatic carbocycles. The van der Waals surface area contributed by atoms with Gasteiger partial charge in [-0.2, -0.15) is 5.10 Å². The Hall–Kier alpha value is -2.09. The third kappa shape index (κ3) is 4.50. The van der Waals surface area contributed by atoms with Crippen molar-refractivity contribution < 1.29 is 9.53 Å². The molecule has 1 aromatic heterocycles. The molecular formula is C17H28N6O2. The van der Waals surface area contributed by atoms with Gasteiger partial charge in [-0.05, 0) is 19.3 Å². The molecule has 2 aliphatic heterocycles. The number of carbonyl (C=O) groups excluding carboxylic acids is 1. The predicted octanol–water partition coefficient (Wildman–Crippen LogP) is 0.381. The van der Waals surface area contributed by atoms with Crippen LogP contribution >= 0.6 is 0 Å². The molecule has 8 heteroatoms. The zero-order chi connectivity index (χ0) is 17.6. The lowest BCUT2D eigenvalue weighted by Gasteiger charge is -2.35. The second-order valence-corrected chi connectivity index (χ2v) is 6.60. The molecule has 0 saturated carbocycles. The van der Waals surface area contributed by atoms with Crippen molar-refractivity contribution in [2.75, 3.05) is 46.4 Å². The van der Waals surface area contributed by atoms with E-state index in [1.807, 2.05) is 24.3 Å². The number of nitrogens with zero attached hydrogens (tertiary/aromatic N) is 5. The number of ether oxygens (including phenoxy) is 1. The van der Waals surface area contributed by atoms with Crippen LogP contribution in [0, 0.1) is 0 Å². The van der Waals surface area contributed by atoms with E-state index in [2.05, 4.69) is 20.3 Å². The minimum absolute atomic E-state index is 0.0289. The van der Waals surface area contributed by atoms with E-state index in [-0.39, 0.29) is 12.0 Å². The second-order valence-electron chi connectivity index (χ2n) is 6.60. The fourth-order valence-electron chi connectivity index (χ4n) is 3.39. The van der Waals surface area contributed by atoms with Crippen LogP contribution in [0.25, 0.3) is 0 Å². The number of hydrogen-bond donors (Lipinski definition) is 1. The first kappa shape index (κ1) is 17.7. The van der Waals surface area contributed by atoms with Crippen LogP contribution in [0.15, 0.2) is 17.4 Å². The van der Waals surface area contributed by atoms with Crippen LogP contribution in [-0.2, 0) is 16.6 Å². The van der Waals surface area contributed by atoms with Gasteiger partial charge in [0.05, 0.1) is 25.9 Å². The summed E-state index contributed by atoms with van der Waals surface area (Å²) in [4.78, 5) is 20.8. The summed E-state index contributed by atoms with van der Waals surface area (Å²) in [5.74, 6) is 0.903. The van der Waals surface area contributed by atoms with E-state index in [4.69, 9.17) is 4.74 Å². The van der Waals surface area contributed by atoms with E-state index in [1.165, 1.54) is 6.42 Å². The molecule has 1 unspecified atom stereocenters. The summed E-state index contributed by atoms with van der Waals surface area (Å²) < 4.78 is 7.65. The molecule has 1 amide bonds. The summed E-state index contributed by atoms with van der Waals surface area (Å²) in [7, 11) is 3.65. The molecule has 0 bridgehead atoms. The Morgan fingerprint density at radius 1 is 1.32 bits per heavy atom. The predicted molar refractivity (Wildman–Crippen MR) is 95.3 cm³/mol. The van der Waals surface area contributed by atoms with Gasteiger partial charge >= 0.3 is 0 Å². The number of carbonyl (C=O) groups is 1. The maximum absolute atomic E-state index is 12.3. The summed E-state index contributed by atoms with van der Waals surface area (Å²) >= 11 is 0. The van der Waals surface area contributed by atoms with E-state index in [9.17, 15) is 4.79 Å². The Labute approximate surface area is 148 Å². The van der Waals surface area contributed by atoms with E-state index < -0.39 is 0 Å². The fourth-order valence-corrected chi connectivity index (χ4v) is 3.39. The third-order valence-corrected chi connectivity index (χ3v) is 4.78. The summed E-state index contributed by atoms with van der Waals surface area (Å²) in [6.45, 7) is 4.12. The molecule has 1 aromatic rings. The molecule has 3 heterocycles. The van der Waals surface area contributed by atoms with Gasteiger partial charge in [0.1, 0.15) is 6.10 Å². The number of aryl methyl sites for hydroxylation is 1. The minimum atomic E-state index is -0.0289. The van der Waals surface area contributed by atoms with Crippen LogP contribution in [0.1, 0.15) is 30.9 Å². The molecule has 138 valence electrons. The number of amides is 1. The molecule has 0 aliphatic carbocycles. The van der Waals surface area contributed by atoms with Gasteiger partial charge in [0, 0.05) is 45.5 Å². The number of likely N-dealkylation sites (tertiary alicyclic amines) is 1. The van der Waals surface area contributed by atoms with Gasteiger partial charge < -0.3 is 19.9 Å². The first-order valence-electron chi connectivity index (χ1n) is 9.01. The number of morpholine rings is 1. The molecule has 25 heavy (non-hydrogen) atoms. The first-order valence-corrected chi connectivity index (χ1v) is 9.01. The molecule has 0 radical (unpaired) electrons. The topological polar surface area (TPSA) is 75.0 Å². The maximum Gasteiger partial charge on any atom is 0.241 e. The van der Waals surface area contributed by atoms with Crippen molar-refractivity contribution in [1.82, 2.24) is 24.9 Å². The highest BCUT2D eigenvalue weighted by Crippen LogP contribution is 2.21. The van der Waals surface area contributed by atoms with Crippen LogP contribution in [0.5, 0.6) is 0 Å². The van der Waals surface area contributed by atoms with E-state index in [1.54, 1.807) is 11.7 Å². The Kier molecular flexibility index (Phi) is 5.91. The Morgan fingerprint density at radius 2 is 2.12 bits per heavy atom. The number of piperidine rings is 1. The van der Waals surface area contributed by atoms with Crippen LogP contribution < -0.4 is 5.32 Å². The van der Waals surface area contributed by atoms with Crippen LogP contribution in [0.3, 0.4) is 0 Å². The zero-order valence-corrected chi connectivity index (χ0v) is 15.1. The number of guanidine groups is 1. The number of hydrogen-bond acceptors (Lipinski definition) is 4. The molecule has 8 nitrogen and oxygen atoms in total. The third-order valence-electron chi connectivity index (χ3n) is 4.78. The molecule has 2 saturated heterocycles. The molecule has 1 N–H and O–H groups in total. The average molecular weight is 348 g/mol. The van der Waals surface area contributed by atoms with E-state index in [0.717, 1.165) is 44.0 Å². The van der Waals surface area contributed by atoms with Crippen molar-refractivity contribution >= 4 is 11.9 Å². The standard InChI is InChI=1S/C17H28N6O2/c1-18-17(19-11-16(24)22-6-4-3-5-7-22)23-8-9-25-15(13-23)14-10-20-21(2)12-14/h10,12,15H,3-9,11,13H2,1-2H3,(H,18,19). The SMILES string of the molecule is CN=C(NCC(=O)N1CCCCC1)N1CCOC(c2cnn(C)c2)C1. The van der Waals surface area contributed by atoms with Crippen LogP contribution in [-0.4, -0.2) is 77.8 Å². The lowest BCUT2D eigenvalue weighted by Crippen LogP contribution is -2.51. The van der Waals surface area contributed by atoms with Gasteiger partial charge in [0.2, 0.25) is 5.91 Å². The van der Waals surface area contributed by atoms with Gasteiger partial charge in [0.25, 0.3) is 0 Å². The van der Waals surface area contributed by atoms with E-state index >= 15 is 0 Å². The van der Waals surface area contributed by atoms with Crippen molar-refractivity contribution in [3.05, 3.63) is 18.0 Å². The molecule has 3 rings (SSSR count). The van der Waals surface area contributed by atoms with Crippen LogP contribution in [0.4, 0.5) is 0 Å². The van der Waals surface area contributed by atoms with Gasteiger partial charge in [-0.3, -0.25) is 14.5 Å². The van der Waals surface area contributed by atoms with Gasteiger partial charge in [-0.25, -0.2) is 0 Å². The van der Waals surface area contributed by atoms with Crippen molar-refractivity contribution in [2.24, 2.45) is 12.0 Å². The fraction of sp³-hybridized carbons (Fsp3) is 0.706. The molecule has 2 fully saturated rings. The van der Waals surface area contributed by atoms with E-state index in [0.29, 0.717) is 19.7 Å². The van der Waals surface area contributed by atoms with Crippen molar-refractivity contribution in [3.63, 3.8) is 0 Å². The normalized spacial score (nSPS) is 22.2. The van der Waals surface area contributed by atoms with Crippen molar-refractivity contribution in [2.45, 2.75) is 25.4 Å². The average Bonchev–Trinajstić information content (AvgIpc) is 3.09. The first-order chi connectivity index (χ1) is 12.2. The molecule has 2 aliphatic rings.